The van der Waals surface area contributed by atoms with Gasteiger partial charge in [0.15, 0.2) is 0 Å². The quantitative estimate of drug-likeness (QED) is 0.528. The third kappa shape index (κ3) is 3.65. The second-order valence-corrected chi connectivity index (χ2v) is 6.17. The number of esters is 1. The summed E-state index contributed by atoms with van der Waals surface area (Å²) in [6.45, 7) is 0. The SMILES string of the molecule is O=C(Oc1ccc(Nc2ccnc3cc(Cl)ccc23)cc1)[C]1[CH][CH][CH][CH]1. The Bertz CT molecular complexity index is 934. The number of aromatic nitrogens is 1. The van der Waals surface area contributed by atoms with Gasteiger partial charge in [-0.05, 0) is 74.2 Å². The standard InChI is InChI=1S/C21H14ClN2O2/c22-15-5-10-18-19(11-12-23-20(18)13-15)24-16-6-8-17(9-7-16)26-21(25)14-3-1-2-4-14/h1-13H,(H,23,24). The highest BCUT2D eigenvalue weighted by molar-refractivity contribution is 6.31. The van der Waals surface area contributed by atoms with E-state index in [4.69, 9.17) is 16.3 Å². The summed E-state index contributed by atoms with van der Waals surface area (Å²) >= 11 is 6.03. The van der Waals surface area contributed by atoms with E-state index in [-0.39, 0.29) is 5.97 Å². The lowest BCUT2D eigenvalue weighted by atomic mass is 10.1. The number of anilines is 2. The molecule has 0 atom stereocenters. The maximum atomic E-state index is 12.0. The smallest absolute Gasteiger partial charge is 0.319 e. The van der Waals surface area contributed by atoms with Gasteiger partial charge in [-0.1, -0.05) is 11.6 Å². The van der Waals surface area contributed by atoms with Crippen LogP contribution >= 0.6 is 11.6 Å². The lowest BCUT2D eigenvalue weighted by Gasteiger charge is -2.11. The zero-order chi connectivity index (χ0) is 17.9. The van der Waals surface area contributed by atoms with E-state index in [2.05, 4.69) is 10.3 Å². The number of rotatable bonds is 4. The van der Waals surface area contributed by atoms with Gasteiger partial charge < -0.3 is 10.1 Å². The van der Waals surface area contributed by atoms with Crippen LogP contribution in [-0.4, -0.2) is 11.0 Å². The number of halogens is 1. The Morgan fingerprint density at radius 3 is 2.54 bits per heavy atom. The molecule has 0 aliphatic heterocycles. The number of ether oxygens (including phenoxy) is 1. The summed E-state index contributed by atoms with van der Waals surface area (Å²) in [5.41, 5.74) is 2.62. The molecule has 1 N–H and O–H groups in total. The molecule has 1 heterocycles. The van der Waals surface area contributed by atoms with E-state index in [1.54, 1.807) is 44.0 Å². The minimum atomic E-state index is -0.368. The lowest BCUT2D eigenvalue weighted by molar-refractivity contribution is -0.131. The van der Waals surface area contributed by atoms with Gasteiger partial charge in [0.05, 0.1) is 11.4 Å². The van der Waals surface area contributed by atoms with Crippen LogP contribution in [0.15, 0.2) is 54.7 Å². The molecule has 4 nitrogen and oxygen atoms in total. The van der Waals surface area contributed by atoms with Crippen molar-refractivity contribution in [2.24, 2.45) is 0 Å². The van der Waals surface area contributed by atoms with Gasteiger partial charge in [0.2, 0.25) is 0 Å². The molecular weight excluding hydrogens is 348 g/mol. The molecule has 5 heteroatoms. The molecule has 5 radical (unpaired) electrons. The normalized spacial score (nSPS) is 14.5. The number of nitrogens with zero attached hydrogens (tertiary/aromatic N) is 1. The summed E-state index contributed by atoms with van der Waals surface area (Å²) in [6, 6.07) is 14.7. The van der Waals surface area contributed by atoms with E-state index in [1.807, 2.05) is 36.4 Å². The first-order chi connectivity index (χ1) is 12.7. The maximum Gasteiger partial charge on any atom is 0.319 e. The van der Waals surface area contributed by atoms with Crippen LogP contribution in [0, 0.1) is 31.6 Å². The van der Waals surface area contributed by atoms with Crippen LogP contribution in [0.3, 0.4) is 0 Å². The van der Waals surface area contributed by atoms with Gasteiger partial charge in [0.1, 0.15) is 5.75 Å². The summed E-state index contributed by atoms with van der Waals surface area (Å²) in [5.74, 6) is 0.662. The Labute approximate surface area is 157 Å². The van der Waals surface area contributed by atoms with E-state index in [0.29, 0.717) is 16.7 Å². The number of pyridine rings is 1. The van der Waals surface area contributed by atoms with Gasteiger partial charge in [-0.2, -0.15) is 0 Å². The average Bonchev–Trinajstić information content (AvgIpc) is 3.18. The van der Waals surface area contributed by atoms with Crippen molar-refractivity contribution in [1.29, 1.82) is 0 Å². The van der Waals surface area contributed by atoms with Gasteiger partial charge in [-0.3, -0.25) is 9.78 Å². The van der Waals surface area contributed by atoms with E-state index in [1.165, 1.54) is 0 Å². The van der Waals surface area contributed by atoms with Crippen LogP contribution < -0.4 is 10.1 Å². The predicted molar refractivity (Wildman–Crippen MR) is 103 cm³/mol. The van der Waals surface area contributed by atoms with Crippen molar-refractivity contribution in [2.45, 2.75) is 0 Å². The Balaban J connectivity index is 1.48. The molecule has 1 aromatic heterocycles. The van der Waals surface area contributed by atoms with Crippen molar-refractivity contribution in [1.82, 2.24) is 4.98 Å². The van der Waals surface area contributed by atoms with Crippen LogP contribution in [0.2, 0.25) is 5.02 Å². The number of hydrogen-bond acceptors (Lipinski definition) is 4. The summed E-state index contributed by atoms with van der Waals surface area (Å²) in [6.07, 6.45) is 8.78. The molecular formula is C21H14ClN2O2. The number of nitrogens with one attached hydrogen (secondary N) is 1. The minimum Gasteiger partial charge on any atom is -0.426 e. The lowest BCUT2D eigenvalue weighted by Crippen LogP contribution is -2.16. The van der Waals surface area contributed by atoms with Crippen LogP contribution in [0.5, 0.6) is 5.75 Å². The highest BCUT2D eigenvalue weighted by Gasteiger charge is 2.26. The molecule has 0 spiro atoms. The molecule has 127 valence electrons. The summed E-state index contributed by atoms with van der Waals surface area (Å²) < 4.78 is 5.36. The van der Waals surface area contributed by atoms with Crippen molar-refractivity contribution < 1.29 is 9.53 Å². The average molecular weight is 362 g/mol. The fourth-order valence-corrected chi connectivity index (χ4v) is 2.83. The topological polar surface area (TPSA) is 51.2 Å². The summed E-state index contributed by atoms with van der Waals surface area (Å²) in [7, 11) is 0. The fraction of sp³-hybridized carbons (Fsp3) is 0. The van der Waals surface area contributed by atoms with Crippen molar-refractivity contribution in [3.05, 3.63) is 91.4 Å². The maximum absolute atomic E-state index is 12.0. The van der Waals surface area contributed by atoms with E-state index < -0.39 is 0 Å². The molecule has 1 saturated carbocycles. The molecule has 4 rings (SSSR count). The molecule has 0 amide bonds. The molecule has 0 saturated heterocycles. The highest BCUT2D eigenvalue weighted by atomic mass is 35.5. The van der Waals surface area contributed by atoms with E-state index in [0.717, 1.165) is 22.3 Å². The van der Waals surface area contributed by atoms with Crippen molar-refractivity contribution in [3.63, 3.8) is 0 Å². The first-order valence-corrected chi connectivity index (χ1v) is 8.42. The van der Waals surface area contributed by atoms with Gasteiger partial charge >= 0.3 is 5.97 Å². The van der Waals surface area contributed by atoms with Gasteiger partial charge in [-0.15, -0.1) is 0 Å². The molecule has 2 aromatic carbocycles. The zero-order valence-electron chi connectivity index (χ0n) is 13.6. The molecule has 1 fully saturated rings. The molecule has 0 bridgehead atoms. The Kier molecular flexibility index (Phi) is 4.76. The van der Waals surface area contributed by atoms with E-state index in [9.17, 15) is 4.79 Å². The Morgan fingerprint density at radius 2 is 1.77 bits per heavy atom. The number of benzene rings is 2. The van der Waals surface area contributed by atoms with Crippen molar-refractivity contribution >= 4 is 39.8 Å². The summed E-state index contributed by atoms with van der Waals surface area (Å²) in [4.78, 5) is 16.3. The Morgan fingerprint density at radius 1 is 1.00 bits per heavy atom. The largest absolute Gasteiger partial charge is 0.426 e. The number of hydrogen-bond donors (Lipinski definition) is 1. The minimum absolute atomic E-state index is 0.368. The number of fused-ring (bicyclic) bond motifs is 1. The molecule has 1 aliphatic rings. The van der Waals surface area contributed by atoms with Crippen LogP contribution in [-0.2, 0) is 4.79 Å². The van der Waals surface area contributed by atoms with Crippen molar-refractivity contribution in [2.75, 3.05) is 5.32 Å². The molecule has 3 aromatic rings. The Hall–Kier alpha value is -2.59. The second kappa shape index (κ2) is 7.34. The summed E-state index contributed by atoms with van der Waals surface area (Å²) in [5, 5.41) is 4.98. The van der Waals surface area contributed by atoms with Crippen LogP contribution in [0.1, 0.15) is 0 Å². The van der Waals surface area contributed by atoms with E-state index >= 15 is 0 Å². The highest BCUT2D eigenvalue weighted by Crippen LogP contribution is 2.29. The fourth-order valence-electron chi connectivity index (χ4n) is 2.67. The second-order valence-electron chi connectivity index (χ2n) is 5.73. The first-order valence-electron chi connectivity index (χ1n) is 8.04. The monoisotopic (exact) mass is 361 g/mol. The number of carbonyl (C=O) groups excluding carboxylic acids is 1. The van der Waals surface area contributed by atoms with Gasteiger partial charge in [0, 0.05) is 28.0 Å². The van der Waals surface area contributed by atoms with Gasteiger partial charge in [-0.25, -0.2) is 0 Å². The predicted octanol–water partition coefficient (Wildman–Crippen LogP) is 4.94. The van der Waals surface area contributed by atoms with Crippen LogP contribution in [0.4, 0.5) is 11.4 Å². The number of carbonyl (C=O) groups is 1. The molecule has 26 heavy (non-hydrogen) atoms. The third-order valence-electron chi connectivity index (χ3n) is 3.95. The van der Waals surface area contributed by atoms with Gasteiger partial charge in [0.25, 0.3) is 0 Å². The first kappa shape index (κ1) is 16.9. The molecule has 1 aliphatic carbocycles. The zero-order valence-corrected chi connectivity index (χ0v) is 14.4. The third-order valence-corrected chi connectivity index (χ3v) is 4.18. The molecule has 0 unspecified atom stereocenters. The van der Waals surface area contributed by atoms with Crippen LogP contribution in [0.25, 0.3) is 10.9 Å². The van der Waals surface area contributed by atoms with Crippen molar-refractivity contribution in [3.8, 4) is 5.75 Å².